The van der Waals surface area contributed by atoms with Crippen molar-refractivity contribution < 1.29 is 9.90 Å². The maximum absolute atomic E-state index is 11.2. The third-order valence-corrected chi connectivity index (χ3v) is 4.21. The number of rotatable bonds is 3. The molecule has 21 heavy (non-hydrogen) atoms. The standard InChI is InChI=1S/C17H20N2O2/c1-12-4-3-5-13(8-12)10-19-7-6-15-14(11-19)9-16(17(20)21)18(15)2/h3-5,8-9H,6-7,10-11H2,1-2H3,(H,20,21). The van der Waals surface area contributed by atoms with E-state index in [0.717, 1.165) is 37.3 Å². The van der Waals surface area contributed by atoms with Gasteiger partial charge in [0.1, 0.15) is 5.69 Å². The number of hydrogen-bond acceptors (Lipinski definition) is 2. The molecule has 0 saturated heterocycles. The van der Waals surface area contributed by atoms with Gasteiger partial charge in [-0.25, -0.2) is 4.79 Å². The van der Waals surface area contributed by atoms with Gasteiger partial charge in [-0.1, -0.05) is 29.8 Å². The number of hydrogen-bond donors (Lipinski definition) is 1. The molecule has 0 spiro atoms. The molecule has 110 valence electrons. The average molecular weight is 284 g/mol. The molecule has 1 aromatic heterocycles. The second kappa shape index (κ2) is 5.37. The summed E-state index contributed by atoms with van der Waals surface area (Å²) in [6.07, 6.45) is 0.908. The molecule has 0 amide bonds. The smallest absolute Gasteiger partial charge is 0.352 e. The molecule has 1 aromatic carbocycles. The number of aromatic carboxylic acids is 1. The summed E-state index contributed by atoms with van der Waals surface area (Å²) in [4.78, 5) is 13.6. The largest absolute Gasteiger partial charge is 0.477 e. The monoisotopic (exact) mass is 284 g/mol. The van der Waals surface area contributed by atoms with Crippen molar-refractivity contribution >= 4 is 5.97 Å². The summed E-state index contributed by atoms with van der Waals surface area (Å²) in [5.74, 6) is -0.850. The van der Waals surface area contributed by atoms with Crippen LogP contribution in [0.5, 0.6) is 0 Å². The van der Waals surface area contributed by atoms with Gasteiger partial charge in [0.05, 0.1) is 0 Å². The third kappa shape index (κ3) is 2.72. The van der Waals surface area contributed by atoms with Gasteiger partial charge in [-0.05, 0) is 24.1 Å². The van der Waals surface area contributed by atoms with E-state index in [1.54, 1.807) is 0 Å². The number of aryl methyl sites for hydroxylation is 1. The summed E-state index contributed by atoms with van der Waals surface area (Å²) in [6, 6.07) is 10.4. The maximum Gasteiger partial charge on any atom is 0.352 e. The van der Waals surface area contributed by atoms with Crippen LogP contribution in [0.15, 0.2) is 30.3 Å². The van der Waals surface area contributed by atoms with E-state index < -0.39 is 5.97 Å². The Bertz CT molecular complexity index is 688. The fourth-order valence-corrected chi connectivity index (χ4v) is 3.16. The number of fused-ring (bicyclic) bond motifs is 1. The second-order valence-electron chi connectivity index (χ2n) is 5.82. The van der Waals surface area contributed by atoms with Gasteiger partial charge in [-0.2, -0.15) is 0 Å². The molecule has 1 aliphatic heterocycles. The average Bonchev–Trinajstić information content (AvgIpc) is 2.76. The number of carbonyl (C=O) groups is 1. The summed E-state index contributed by atoms with van der Waals surface area (Å²) in [5, 5.41) is 9.21. The van der Waals surface area contributed by atoms with Crippen LogP contribution in [0.3, 0.4) is 0 Å². The maximum atomic E-state index is 11.2. The van der Waals surface area contributed by atoms with E-state index in [9.17, 15) is 9.90 Å². The third-order valence-electron chi connectivity index (χ3n) is 4.21. The van der Waals surface area contributed by atoms with Crippen LogP contribution < -0.4 is 0 Å². The van der Waals surface area contributed by atoms with Gasteiger partial charge >= 0.3 is 5.97 Å². The zero-order valence-electron chi connectivity index (χ0n) is 12.5. The zero-order valence-corrected chi connectivity index (χ0v) is 12.5. The predicted octanol–water partition coefficient (Wildman–Crippen LogP) is 2.59. The summed E-state index contributed by atoms with van der Waals surface area (Å²) in [7, 11) is 1.85. The molecule has 0 bridgehead atoms. The van der Waals surface area contributed by atoms with Crippen molar-refractivity contribution in [3.8, 4) is 0 Å². The lowest BCUT2D eigenvalue weighted by Crippen LogP contribution is -2.30. The van der Waals surface area contributed by atoms with E-state index in [4.69, 9.17) is 0 Å². The number of carboxylic acids is 1. The van der Waals surface area contributed by atoms with E-state index in [1.165, 1.54) is 11.1 Å². The van der Waals surface area contributed by atoms with Crippen LogP contribution in [0.25, 0.3) is 0 Å². The molecule has 1 aliphatic rings. The van der Waals surface area contributed by atoms with Gasteiger partial charge in [0.25, 0.3) is 0 Å². The van der Waals surface area contributed by atoms with Crippen molar-refractivity contribution in [1.29, 1.82) is 0 Å². The van der Waals surface area contributed by atoms with Crippen molar-refractivity contribution in [3.05, 3.63) is 58.4 Å². The Morgan fingerprint density at radius 1 is 1.33 bits per heavy atom. The number of benzene rings is 1. The summed E-state index contributed by atoms with van der Waals surface area (Å²) in [6.45, 7) is 4.81. The lowest BCUT2D eigenvalue weighted by atomic mass is 10.1. The minimum atomic E-state index is -0.850. The Hall–Kier alpha value is -2.07. The summed E-state index contributed by atoms with van der Waals surface area (Å²) >= 11 is 0. The van der Waals surface area contributed by atoms with E-state index in [2.05, 4.69) is 36.1 Å². The quantitative estimate of drug-likeness (QED) is 0.942. The molecule has 0 radical (unpaired) electrons. The van der Waals surface area contributed by atoms with Crippen LogP contribution >= 0.6 is 0 Å². The Morgan fingerprint density at radius 2 is 2.14 bits per heavy atom. The lowest BCUT2D eigenvalue weighted by Gasteiger charge is -2.27. The van der Waals surface area contributed by atoms with Gasteiger partial charge in [0.2, 0.25) is 0 Å². The van der Waals surface area contributed by atoms with Gasteiger partial charge < -0.3 is 9.67 Å². The Morgan fingerprint density at radius 3 is 2.86 bits per heavy atom. The highest BCUT2D eigenvalue weighted by atomic mass is 16.4. The highest BCUT2D eigenvalue weighted by molar-refractivity contribution is 5.86. The molecule has 2 heterocycles. The number of carboxylic acid groups (broad SMARTS) is 1. The van der Waals surface area contributed by atoms with E-state index in [1.807, 2.05) is 17.7 Å². The molecule has 3 rings (SSSR count). The second-order valence-corrected chi connectivity index (χ2v) is 5.82. The molecule has 0 fully saturated rings. The van der Waals surface area contributed by atoms with Crippen LogP contribution in [0, 0.1) is 6.92 Å². The fourth-order valence-electron chi connectivity index (χ4n) is 3.16. The zero-order chi connectivity index (χ0) is 15.0. The molecular formula is C17H20N2O2. The molecule has 4 nitrogen and oxygen atoms in total. The van der Waals surface area contributed by atoms with Crippen LogP contribution in [0.1, 0.15) is 32.9 Å². The van der Waals surface area contributed by atoms with Crippen molar-refractivity contribution in [3.63, 3.8) is 0 Å². The van der Waals surface area contributed by atoms with Gasteiger partial charge in [0.15, 0.2) is 0 Å². The molecule has 0 aliphatic carbocycles. The van der Waals surface area contributed by atoms with Crippen molar-refractivity contribution in [2.45, 2.75) is 26.4 Å². The molecule has 0 saturated carbocycles. The topological polar surface area (TPSA) is 45.5 Å². The normalized spacial score (nSPS) is 15.0. The van der Waals surface area contributed by atoms with Gasteiger partial charge in [-0.3, -0.25) is 4.90 Å². The Kier molecular flexibility index (Phi) is 3.55. The molecular weight excluding hydrogens is 264 g/mol. The lowest BCUT2D eigenvalue weighted by molar-refractivity contribution is 0.0686. The molecule has 0 atom stereocenters. The molecule has 1 N–H and O–H groups in total. The number of nitrogens with zero attached hydrogens (tertiary/aromatic N) is 2. The number of aromatic nitrogens is 1. The molecule has 2 aromatic rings. The summed E-state index contributed by atoms with van der Waals surface area (Å²) < 4.78 is 1.82. The Labute approximate surface area is 124 Å². The highest BCUT2D eigenvalue weighted by Crippen LogP contribution is 2.24. The van der Waals surface area contributed by atoms with Crippen LogP contribution in [-0.4, -0.2) is 27.1 Å². The Balaban J connectivity index is 1.78. The first kappa shape index (κ1) is 13.9. The summed E-state index contributed by atoms with van der Waals surface area (Å²) in [5.41, 5.74) is 5.28. The highest BCUT2D eigenvalue weighted by Gasteiger charge is 2.23. The first-order valence-electron chi connectivity index (χ1n) is 7.23. The SMILES string of the molecule is Cc1cccc(CN2CCc3c(cc(C(=O)O)n3C)C2)c1. The van der Waals surface area contributed by atoms with Crippen molar-refractivity contribution in [2.24, 2.45) is 7.05 Å². The van der Waals surface area contributed by atoms with Gasteiger partial charge in [0, 0.05) is 38.8 Å². The van der Waals surface area contributed by atoms with Crippen LogP contribution in [-0.2, 0) is 26.6 Å². The van der Waals surface area contributed by atoms with E-state index in [-0.39, 0.29) is 0 Å². The minimum Gasteiger partial charge on any atom is -0.477 e. The first-order valence-corrected chi connectivity index (χ1v) is 7.23. The van der Waals surface area contributed by atoms with Crippen LogP contribution in [0.2, 0.25) is 0 Å². The fraction of sp³-hybridized carbons (Fsp3) is 0.353. The molecule has 0 unspecified atom stereocenters. The molecule has 4 heteroatoms. The van der Waals surface area contributed by atoms with Crippen molar-refractivity contribution in [1.82, 2.24) is 9.47 Å². The minimum absolute atomic E-state index is 0.386. The first-order chi connectivity index (χ1) is 10.0. The van der Waals surface area contributed by atoms with Crippen molar-refractivity contribution in [2.75, 3.05) is 6.54 Å². The van der Waals surface area contributed by atoms with E-state index in [0.29, 0.717) is 5.69 Å². The van der Waals surface area contributed by atoms with E-state index >= 15 is 0 Å². The van der Waals surface area contributed by atoms with Crippen LogP contribution in [0.4, 0.5) is 0 Å². The predicted molar refractivity (Wildman–Crippen MR) is 81.4 cm³/mol. The van der Waals surface area contributed by atoms with Gasteiger partial charge in [-0.15, -0.1) is 0 Å².